The van der Waals surface area contributed by atoms with Gasteiger partial charge in [0.05, 0.1) is 0 Å². The van der Waals surface area contributed by atoms with Crippen molar-refractivity contribution in [1.29, 1.82) is 0 Å². The van der Waals surface area contributed by atoms with Crippen LogP contribution in [0.15, 0.2) is 29.2 Å². The highest BCUT2D eigenvalue weighted by Gasteiger charge is 1.95. The minimum atomic E-state index is 0.259. The molecule has 2 nitrogen and oxygen atoms in total. The summed E-state index contributed by atoms with van der Waals surface area (Å²) < 4.78 is 0. The van der Waals surface area contributed by atoms with E-state index in [2.05, 4.69) is 35.8 Å². The van der Waals surface area contributed by atoms with E-state index in [0.29, 0.717) is 6.42 Å². The monoisotopic (exact) mass is 223 g/mol. The molecule has 1 aromatic rings. The van der Waals surface area contributed by atoms with E-state index in [4.69, 9.17) is 0 Å². The van der Waals surface area contributed by atoms with Gasteiger partial charge in [-0.05, 0) is 43.9 Å². The van der Waals surface area contributed by atoms with E-state index in [1.165, 1.54) is 4.90 Å². The molecule has 0 heterocycles. The van der Waals surface area contributed by atoms with Crippen LogP contribution in [0, 0.1) is 0 Å². The Bertz CT molecular complexity index is 308. The van der Waals surface area contributed by atoms with Crippen LogP contribution in [0.1, 0.15) is 19.8 Å². The van der Waals surface area contributed by atoms with Crippen molar-refractivity contribution in [2.24, 2.45) is 0 Å². The summed E-state index contributed by atoms with van der Waals surface area (Å²) in [5, 5.41) is 3.29. The van der Waals surface area contributed by atoms with Crippen molar-refractivity contribution in [3.63, 3.8) is 0 Å². The Morgan fingerprint density at radius 2 is 2.00 bits per heavy atom. The zero-order valence-corrected chi connectivity index (χ0v) is 10.1. The van der Waals surface area contributed by atoms with Gasteiger partial charge in [-0.15, -0.1) is 11.8 Å². The van der Waals surface area contributed by atoms with Crippen LogP contribution in [0.2, 0.25) is 0 Å². The van der Waals surface area contributed by atoms with Gasteiger partial charge in [0.25, 0.3) is 0 Å². The van der Waals surface area contributed by atoms with Crippen molar-refractivity contribution < 1.29 is 4.79 Å². The Kier molecular flexibility index (Phi) is 5.26. The number of anilines is 1. The van der Waals surface area contributed by atoms with Gasteiger partial charge >= 0.3 is 0 Å². The number of rotatable bonds is 6. The van der Waals surface area contributed by atoms with Gasteiger partial charge in [-0.2, -0.15) is 0 Å². The Balaban J connectivity index is 2.28. The van der Waals surface area contributed by atoms with E-state index in [9.17, 15) is 4.79 Å². The Morgan fingerprint density at radius 1 is 1.33 bits per heavy atom. The van der Waals surface area contributed by atoms with E-state index in [1.54, 1.807) is 18.7 Å². The van der Waals surface area contributed by atoms with Gasteiger partial charge in [-0.3, -0.25) is 0 Å². The van der Waals surface area contributed by atoms with Gasteiger partial charge in [0.1, 0.15) is 5.78 Å². The molecule has 1 N–H and O–H groups in total. The van der Waals surface area contributed by atoms with Crippen LogP contribution < -0.4 is 5.32 Å². The fraction of sp³-hybridized carbons (Fsp3) is 0.417. The second-order valence-electron chi connectivity index (χ2n) is 3.46. The lowest BCUT2D eigenvalue weighted by Crippen LogP contribution is -2.03. The zero-order valence-electron chi connectivity index (χ0n) is 9.25. The molecule has 82 valence electrons. The van der Waals surface area contributed by atoms with Crippen LogP contribution >= 0.6 is 11.8 Å². The molecule has 0 saturated heterocycles. The predicted octanol–water partition coefficient (Wildman–Crippen LogP) is 3.19. The first-order valence-electron chi connectivity index (χ1n) is 5.09. The first-order valence-corrected chi connectivity index (χ1v) is 6.32. The summed E-state index contributed by atoms with van der Waals surface area (Å²) >= 11 is 1.74. The minimum absolute atomic E-state index is 0.259. The maximum Gasteiger partial charge on any atom is 0.129 e. The summed E-state index contributed by atoms with van der Waals surface area (Å²) in [5.41, 5.74) is 1.12. The van der Waals surface area contributed by atoms with E-state index in [1.807, 2.05) is 0 Å². The molecular formula is C12H17NOS. The highest BCUT2D eigenvalue weighted by molar-refractivity contribution is 7.98. The van der Waals surface area contributed by atoms with Crippen molar-refractivity contribution in [3.8, 4) is 0 Å². The molecule has 0 saturated carbocycles. The van der Waals surface area contributed by atoms with Gasteiger partial charge in [-0.25, -0.2) is 0 Å². The molecule has 0 aliphatic heterocycles. The van der Waals surface area contributed by atoms with Crippen molar-refractivity contribution in [2.75, 3.05) is 18.1 Å². The largest absolute Gasteiger partial charge is 0.385 e. The van der Waals surface area contributed by atoms with Crippen molar-refractivity contribution in [1.82, 2.24) is 0 Å². The summed E-state index contributed by atoms with van der Waals surface area (Å²) in [5.74, 6) is 0.259. The smallest absolute Gasteiger partial charge is 0.129 e. The van der Waals surface area contributed by atoms with Crippen molar-refractivity contribution >= 4 is 23.2 Å². The van der Waals surface area contributed by atoms with Gasteiger partial charge in [-0.1, -0.05) is 0 Å². The number of carbonyl (C=O) groups excluding carboxylic acids is 1. The molecule has 0 amide bonds. The number of nitrogens with one attached hydrogen (secondary N) is 1. The van der Waals surface area contributed by atoms with E-state index >= 15 is 0 Å². The van der Waals surface area contributed by atoms with E-state index < -0.39 is 0 Å². The first-order chi connectivity index (χ1) is 7.22. The quantitative estimate of drug-likeness (QED) is 0.593. The molecule has 0 bridgehead atoms. The number of ketones is 1. The number of carbonyl (C=O) groups is 1. The second-order valence-corrected chi connectivity index (χ2v) is 4.34. The fourth-order valence-electron chi connectivity index (χ4n) is 1.28. The molecule has 0 aliphatic rings. The molecule has 3 heteroatoms. The van der Waals surface area contributed by atoms with Crippen LogP contribution in [-0.4, -0.2) is 18.6 Å². The number of Topliss-reactive ketones (excluding diaryl/α,β-unsaturated/α-hetero) is 1. The number of thioether (sulfide) groups is 1. The van der Waals surface area contributed by atoms with Gasteiger partial charge < -0.3 is 10.1 Å². The van der Waals surface area contributed by atoms with Crippen molar-refractivity contribution in [2.45, 2.75) is 24.7 Å². The molecular weight excluding hydrogens is 206 g/mol. The SMILES string of the molecule is CSc1ccc(NCCCC(C)=O)cc1. The normalized spacial score (nSPS) is 10.0. The third-order valence-electron chi connectivity index (χ3n) is 2.12. The zero-order chi connectivity index (χ0) is 11.1. The average Bonchev–Trinajstić information content (AvgIpc) is 2.25. The Morgan fingerprint density at radius 3 is 2.53 bits per heavy atom. The molecule has 0 aliphatic carbocycles. The van der Waals surface area contributed by atoms with Crippen LogP contribution in [0.5, 0.6) is 0 Å². The summed E-state index contributed by atoms with van der Waals surface area (Å²) in [6, 6.07) is 8.33. The summed E-state index contributed by atoms with van der Waals surface area (Å²) in [6.07, 6.45) is 3.63. The van der Waals surface area contributed by atoms with Crippen LogP contribution in [0.4, 0.5) is 5.69 Å². The molecule has 0 fully saturated rings. The molecule has 0 atom stereocenters. The lowest BCUT2D eigenvalue weighted by molar-refractivity contribution is -0.117. The third-order valence-corrected chi connectivity index (χ3v) is 2.87. The lowest BCUT2D eigenvalue weighted by atomic mass is 10.2. The van der Waals surface area contributed by atoms with Gasteiger partial charge in [0.2, 0.25) is 0 Å². The highest BCUT2D eigenvalue weighted by atomic mass is 32.2. The van der Waals surface area contributed by atoms with Gasteiger partial charge in [0.15, 0.2) is 0 Å². The van der Waals surface area contributed by atoms with Crippen molar-refractivity contribution in [3.05, 3.63) is 24.3 Å². The molecule has 15 heavy (non-hydrogen) atoms. The maximum absolute atomic E-state index is 10.7. The van der Waals surface area contributed by atoms with Crippen LogP contribution in [0.25, 0.3) is 0 Å². The molecule has 0 radical (unpaired) electrons. The maximum atomic E-state index is 10.7. The summed E-state index contributed by atoms with van der Waals surface area (Å²) in [4.78, 5) is 12.0. The minimum Gasteiger partial charge on any atom is -0.385 e. The average molecular weight is 223 g/mol. The second kappa shape index (κ2) is 6.51. The third kappa shape index (κ3) is 4.88. The van der Waals surface area contributed by atoms with E-state index in [0.717, 1.165) is 18.7 Å². The fourth-order valence-corrected chi connectivity index (χ4v) is 1.69. The number of benzene rings is 1. The van der Waals surface area contributed by atoms with Gasteiger partial charge in [0, 0.05) is 23.5 Å². The Hall–Kier alpha value is -0.960. The highest BCUT2D eigenvalue weighted by Crippen LogP contribution is 2.17. The molecule has 1 aromatic carbocycles. The van der Waals surface area contributed by atoms with Crippen LogP contribution in [0.3, 0.4) is 0 Å². The predicted molar refractivity (Wildman–Crippen MR) is 66.6 cm³/mol. The lowest BCUT2D eigenvalue weighted by Gasteiger charge is -2.05. The summed E-state index contributed by atoms with van der Waals surface area (Å²) in [6.45, 7) is 2.49. The molecule has 0 aromatic heterocycles. The number of hydrogen-bond acceptors (Lipinski definition) is 3. The molecule has 0 spiro atoms. The first kappa shape index (κ1) is 12.1. The van der Waals surface area contributed by atoms with Crippen LogP contribution in [-0.2, 0) is 4.79 Å². The number of hydrogen-bond donors (Lipinski definition) is 1. The molecule has 0 unspecified atom stereocenters. The topological polar surface area (TPSA) is 29.1 Å². The van der Waals surface area contributed by atoms with E-state index in [-0.39, 0.29) is 5.78 Å². The Labute approximate surface area is 95.5 Å². The summed E-state index contributed by atoms with van der Waals surface area (Å²) in [7, 11) is 0. The standard InChI is InChI=1S/C12H17NOS/c1-10(14)4-3-9-13-11-5-7-12(15-2)8-6-11/h5-8,13H,3-4,9H2,1-2H3. The molecule has 1 rings (SSSR count).